The second-order valence-electron chi connectivity index (χ2n) is 10.7. The Morgan fingerprint density at radius 2 is 1.09 bits per heavy atom. The normalized spacial score (nSPS) is 11.6. The van der Waals surface area contributed by atoms with E-state index in [0.717, 1.165) is 60.5 Å². The Morgan fingerprint density at radius 1 is 0.409 bits per heavy atom. The van der Waals surface area contributed by atoms with Gasteiger partial charge in [-0.3, -0.25) is 0 Å². The van der Waals surface area contributed by atoms with E-state index in [1.807, 2.05) is 103 Å². The van der Waals surface area contributed by atoms with Gasteiger partial charge >= 0.3 is 0 Å². The maximum absolute atomic E-state index is 6.37. The predicted octanol–water partition coefficient (Wildman–Crippen LogP) is 9.73. The molecule has 3 aromatic heterocycles. The molecule has 0 aliphatic carbocycles. The van der Waals surface area contributed by atoms with Gasteiger partial charge in [0.2, 0.25) is 5.89 Å². The summed E-state index contributed by atoms with van der Waals surface area (Å²) in [6, 6.07) is 44.3. The molecule has 0 amide bonds. The number of hydrogen-bond donors (Lipinski definition) is 0. The zero-order valence-corrected chi connectivity index (χ0v) is 23.3. The van der Waals surface area contributed by atoms with Crippen molar-refractivity contribution >= 4 is 43.8 Å². The lowest BCUT2D eigenvalue weighted by Crippen LogP contribution is -2.00. The van der Waals surface area contributed by atoms with Gasteiger partial charge in [-0.05, 0) is 47.2 Å². The van der Waals surface area contributed by atoms with Crippen LogP contribution in [-0.4, -0.2) is 19.9 Å². The summed E-state index contributed by atoms with van der Waals surface area (Å²) >= 11 is 0. The first-order valence-corrected chi connectivity index (χ1v) is 14.4. The van der Waals surface area contributed by atoms with Crippen molar-refractivity contribution in [1.29, 1.82) is 0 Å². The van der Waals surface area contributed by atoms with Gasteiger partial charge in [-0.1, -0.05) is 97.1 Å². The molecule has 0 bridgehead atoms. The standard InChI is InChI=1S/C38H22N4O2/c1-3-11-24(12-4-1)35-40-36(42-37(41-35)28-17-9-15-23-10-7-8-16-27(23)28)26-18-19-29-32(22-26)43-30-20-21-31-34(33(29)30)39-38(44-31)25-13-5-2-6-14-25/h1-22H. The van der Waals surface area contributed by atoms with Crippen LogP contribution in [0.5, 0.6) is 0 Å². The highest BCUT2D eigenvalue weighted by Gasteiger charge is 2.19. The molecule has 0 aliphatic rings. The van der Waals surface area contributed by atoms with E-state index in [1.54, 1.807) is 0 Å². The molecule has 0 radical (unpaired) electrons. The van der Waals surface area contributed by atoms with Crippen LogP contribution in [0.2, 0.25) is 0 Å². The first-order valence-electron chi connectivity index (χ1n) is 14.4. The molecule has 0 N–H and O–H groups in total. The van der Waals surface area contributed by atoms with Gasteiger partial charge in [0.05, 0.1) is 5.39 Å². The van der Waals surface area contributed by atoms with E-state index in [2.05, 4.69) is 30.3 Å². The first-order chi connectivity index (χ1) is 21.8. The smallest absolute Gasteiger partial charge is 0.227 e. The summed E-state index contributed by atoms with van der Waals surface area (Å²) in [6.45, 7) is 0. The minimum Gasteiger partial charge on any atom is -0.456 e. The fourth-order valence-corrected chi connectivity index (χ4v) is 5.86. The molecule has 9 aromatic rings. The number of benzene rings is 6. The maximum atomic E-state index is 6.37. The summed E-state index contributed by atoms with van der Waals surface area (Å²) in [4.78, 5) is 19.8. The van der Waals surface area contributed by atoms with Crippen molar-refractivity contribution in [3.8, 4) is 45.6 Å². The number of furan rings is 1. The van der Waals surface area contributed by atoms with E-state index in [9.17, 15) is 0 Å². The second kappa shape index (κ2) is 9.71. The van der Waals surface area contributed by atoms with E-state index in [0.29, 0.717) is 28.9 Å². The molecule has 0 spiro atoms. The van der Waals surface area contributed by atoms with Crippen molar-refractivity contribution in [3.05, 3.63) is 133 Å². The van der Waals surface area contributed by atoms with Gasteiger partial charge in [0, 0.05) is 27.6 Å². The molecule has 0 atom stereocenters. The molecule has 0 saturated heterocycles. The lowest BCUT2D eigenvalue weighted by atomic mass is 10.0. The minimum absolute atomic E-state index is 0.571. The predicted molar refractivity (Wildman–Crippen MR) is 174 cm³/mol. The van der Waals surface area contributed by atoms with E-state index in [1.165, 1.54) is 0 Å². The van der Waals surface area contributed by atoms with Crippen molar-refractivity contribution in [3.63, 3.8) is 0 Å². The van der Waals surface area contributed by atoms with Crippen LogP contribution in [0.25, 0.3) is 89.4 Å². The van der Waals surface area contributed by atoms with Crippen LogP contribution < -0.4 is 0 Å². The molecule has 0 aliphatic heterocycles. The number of nitrogens with zero attached hydrogens (tertiary/aromatic N) is 4. The molecular weight excluding hydrogens is 544 g/mol. The van der Waals surface area contributed by atoms with Crippen molar-refractivity contribution in [1.82, 2.24) is 19.9 Å². The van der Waals surface area contributed by atoms with Crippen molar-refractivity contribution < 1.29 is 8.83 Å². The molecule has 206 valence electrons. The largest absolute Gasteiger partial charge is 0.456 e. The molecule has 6 nitrogen and oxygen atoms in total. The van der Waals surface area contributed by atoms with E-state index >= 15 is 0 Å². The fraction of sp³-hybridized carbons (Fsp3) is 0. The van der Waals surface area contributed by atoms with E-state index in [-0.39, 0.29) is 0 Å². The molecule has 6 heteroatoms. The van der Waals surface area contributed by atoms with Crippen LogP contribution in [0.1, 0.15) is 0 Å². The van der Waals surface area contributed by atoms with E-state index < -0.39 is 0 Å². The lowest BCUT2D eigenvalue weighted by Gasteiger charge is -2.10. The van der Waals surface area contributed by atoms with Gasteiger partial charge in [0.1, 0.15) is 16.7 Å². The zero-order chi connectivity index (χ0) is 29.0. The molecule has 6 aromatic carbocycles. The Kier molecular flexibility index (Phi) is 5.40. The van der Waals surface area contributed by atoms with Gasteiger partial charge < -0.3 is 8.83 Å². The first kappa shape index (κ1) is 24.5. The summed E-state index contributed by atoms with van der Waals surface area (Å²) < 4.78 is 12.5. The topological polar surface area (TPSA) is 77.8 Å². The van der Waals surface area contributed by atoms with Gasteiger partial charge in [0.15, 0.2) is 23.1 Å². The van der Waals surface area contributed by atoms with E-state index in [4.69, 9.17) is 28.8 Å². The average Bonchev–Trinajstić information content (AvgIpc) is 3.70. The third-order valence-corrected chi connectivity index (χ3v) is 7.97. The fourth-order valence-electron chi connectivity index (χ4n) is 5.86. The number of fused-ring (bicyclic) bond motifs is 6. The van der Waals surface area contributed by atoms with Crippen LogP contribution in [0.3, 0.4) is 0 Å². The summed E-state index contributed by atoms with van der Waals surface area (Å²) in [6.07, 6.45) is 0. The molecule has 0 unspecified atom stereocenters. The molecule has 44 heavy (non-hydrogen) atoms. The summed E-state index contributed by atoms with van der Waals surface area (Å²) in [5.74, 6) is 2.38. The quantitative estimate of drug-likeness (QED) is 0.211. The van der Waals surface area contributed by atoms with Crippen molar-refractivity contribution in [2.45, 2.75) is 0 Å². The molecule has 0 fully saturated rings. The highest BCUT2D eigenvalue weighted by molar-refractivity contribution is 6.17. The van der Waals surface area contributed by atoms with Crippen LogP contribution in [0.4, 0.5) is 0 Å². The number of hydrogen-bond acceptors (Lipinski definition) is 6. The number of oxazole rings is 1. The van der Waals surface area contributed by atoms with Crippen molar-refractivity contribution in [2.75, 3.05) is 0 Å². The second-order valence-corrected chi connectivity index (χ2v) is 10.7. The van der Waals surface area contributed by atoms with Crippen LogP contribution in [-0.2, 0) is 0 Å². The third-order valence-electron chi connectivity index (χ3n) is 7.97. The van der Waals surface area contributed by atoms with Crippen molar-refractivity contribution in [2.24, 2.45) is 0 Å². The molecule has 3 heterocycles. The minimum atomic E-state index is 0.571. The highest BCUT2D eigenvalue weighted by atomic mass is 16.4. The maximum Gasteiger partial charge on any atom is 0.227 e. The summed E-state index contributed by atoms with van der Waals surface area (Å²) in [5.41, 5.74) is 6.60. The Bertz CT molecular complexity index is 2490. The zero-order valence-electron chi connectivity index (χ0n) is 23.3. The van der Waals surface area contributed by atoms with Gasteiger partial charge in [0.25, 0.3) is 0 Å². The Labute approximate surface area is 251 Å². The molecule has 0 saturated carbocycles. The number of aromatic nitrogens is 4. The van der Waals surface area contributed by atoms with Crippen LogP contribution >= 0.6 is 0 Å². The average molecular weight is 567 g/mol. The Morgan fingerprint density at radius 3 is 1.93 bits per heavy atom. The summed E-state index contributed by atoms with van der Waals surface area (Å²) in [5, 5.41) is 4.10. The monoisotopic (exact) mass is 566 g/mol. The lowest BCUT2D eigenvalue weighted by molar-refractivity contribution is 0.619. The number of rotatable bonds is 4. The Balaban J connectivity index is 1.23. The third kappa shape index (κ3) is 3.96. The van der Waals surface area contributed by atoms with Crippen LogP contribution in [0.15, 0.2) is 142 Å². The Hall–Kier alpha value is -6.14. The molecule has 9 rings (SSSR count). The van der Waals surface area contributed by atoms with Crippen LogP contribution in [0, 0.1) is 0 Å². The highest BCUT2D eigenvalue weighted by Crippen LogP contribution is 2.38. The van der Waals surface area contributed by atoms with Gasteiger partial charge in [-0.25, -0.2) is 19.9 Å². The molecular formula is C38H22N4O2. The van der Waals surface area contributed by atoms with Gasteiger partial charge in [-0.15, -0.1) is 0 Å². The van der Waals surface area contributed by atoms with Gasteiger partial charge in [-0.2, -0.15) is 0 Å². The summed E-state index contributed by atoms with van der Waals surface area (Å²) in [7, 11) is 0. The SMILES string of the molecule is c1ccc(-c2nc(-c3ccc4c(c3)oc3ccc5oc(-c6ccccc6)nc5c34)nc(-c3cccc4ccccc34)n2)cc1.